The van der Waals surface area contributed by atoms with E-state index in [-0.39, 0.29) is 6.61 Å². The van der Waals surface area contributed by atoms with E-state index < -0.39 is 12.2 Å². The summed E-state index contributed by atoms with van der Waals surface area (Å²) in [6.45, 7) is 1.69. The predicted molar refractivity (Wildman–Crippen MR) is 84.1 cm³/mol. The molecule has 1 aromatic rings. The second-order valence-electron chi connectivity index (χ2n) is 4.05. The lowest BCUT2D eigenvalue weighted by atomic mass is 10.3. The number of phosphoric ester groups is 1. The third-order valence-corrected chi connectivity index (χ3v) is 4.79. The first-order valence-electron chi connectivity index (χ1n) is 5.80. The van der Waals surface area contributed by atoms with Crippen LogP contribution in [0.5, 0.6) is 5.75 Å². The lowest BCUT2D eigenvalue weighted by Gasteiger charge is -2.18. The van der Waals surface area contributed by atoms with Gasteiger partial charge in [0.15, 0.2) is 0 Å². The molecule has 1 rings (SSSR count). The first-order valence-corrected chi connectivity index (χ1v) is 9.24. The molecule has 114 valence electrons. The van der Waals surface area contributed by atoms with Gasteiger partial charge in [0.1, 0.15) is 10.1 Å². The number of hydrogen-bond acceptors (Lipinski definition) is 5. The summed E-state index contributed by atoms with van der Waals surface area (Å²) < 4.78 is 26.6. The number of alkyl halides is 2. The monoisotopic (exact) mass is 358 g/mol. The molecule has 1 unspecified atom stereocenters. The molecule has 0 aliphatic rings. The van der Waals surface area contributed by atoms with Crippen LogP contribution in [0.25, 0.3) is 0 Å². The van der Waals surface area contributed by atoms with Gasteiger partial charge in [-0.2, -0.15) is 0 Å². The summed E-state index contributed by atoms with van der Waals surface area (Å²) in [4.78, 5) is 1.07. The molecule has 20 heavy (non-hydrogen) atoms. The summed E-state index contributed by atoms with van der Waals surface area (Å²) in [5.74, 6) is 0.410. The van der Waals surface area contributed by atoms with Crippen LogP contribution in [-0.4, -0.2) is 24.3 Å². The molecular weight excluding hydrogens is 342 g/mol. The van der Waals surface area contributed by atoms with E-state index in [4.69, 9.17) is 36.8 Å². The van der Waals surface area contributed by atoms with Crippen molar-refractivity contribution < 1.29 is 18.1 Å². The molecule has 0 aromatic heterocycles. The molecule has 1 atom stereocenters. The van der Waals surface area contributed by atoms with Crippen molar-refractivity contribution in [3.8, 4) is 5.75 Å². The highest BCUT2D eigenvalue weighted by Crippen LogP contribution is 2.49. The third kappa shape index (κ3) is 6.70. The summed E-state index contributed by atoms with van der Waals surface area (Å²) in [7, 11) is -2.39. The Hall–Kier alpha value is 0.100. The Kier molecular flexibility index (Phi) is 7.19. The van der Waals surface area contributed by atoms with Crippen LogP contribution in [0, 0.1) is 0 Å². The maximum absolute atomic E-state index is 12.2. The standard InChI is InChI=1S/C12H17Cl2O4PS/c1-12(13,14)8-9-17-19(15,16-2)18-10-4-6-11(20-3)7-5-10/h4-7H,8-9H2,1-3H3. The summed E-state index contributed by atoms with van der Waals surface area (Å²) in [6, 6.07) is 7.12. The van der Waals surface area contributed by atoms with E-state index in [1.165, 1.54) is 7.11 Å². The van der Waals surface area contributed by atoms with E-state index >= 15 is 0 Å². The van der Waals surface area contributed by atoms with Crippen LogP contribution in [0.1, 0.15) is 13.3 Å². The van der Waals surface area contributed by atoms with Gasteiger partial charge in [-0.05, 0) is 37.4 Å². The zero-order valence-electron chi connectivity index (χ0n) is 11.5. The molecule has 0 bridgehead atoms. The van der Waals surface area contributed by atoms with Crippen molar-refractivity contribution in [2.24, 2.45) is 0 Å². The lowest BCUT2D eigenvalue weighted by Crippen LogP contribution is -2.11. The van der Waals surface area contributed by atoms with Crippen molar-refractivity contribution >= 4 is 42.8 Å². The van der Waals surface area contributed by atoms with E-state index in [2.05, 4.69) is 0 Å². The molecule has 4 nitrogen and oxygen atoms in total. The molecular formula is C12H17Cl2O4PS. The minimum atomic E-state index is -3.66. The van der Waals surface area contributed by atoms with Crippen LogP contribution in [0.3, 0.4) is 0 Å². The molecule has 0 aliphatic heterocycles. The zero-order valence-corrected chi connectivity index (χ0v) is 14.7. The average Bonchev–Trinajstić information content (AvgIpc) is 2.38. The number of halogens is 2. The first-order chi connectivity index (χ1) is 9.28. The maximum Gasteiger partial charge on any atom is 0.529 e. The molecule has 0 amide bonds. The topological polar surface area (TPSA) is 44.8 Å². The Labute approximate surface area is 133 Å². The van der Waals surface area contributed by atoms with Crippen molar-refractivity contribution in [2.75, 3.05) is 20.0 Å². The van der Waals surface area contributed by atoms with Crippen molar-refractivity contribution in [1.29, 1.82) is 0 Å². The molecule has 0 spiro atoms. The molecule has 0 heterocycles. The Morgan fingerprint density at radius 1 is 1.30 bits per heavy atom. The highest BCUT2D eigenvalue weighted by Gasteiger charge is 2.28. The van der Waals surface area contributed by atoms with E-state index in [1.807, 2.05) is 18.4 Å². The van der Waals surface area contributed by atoms with Crippen molar-refractivity contribution in [1.82, 2.24) is 0 Å². The largest absolute Gasteiger partial charge is 0.529 e. The van der Waals surface area contributed by atoms with Gasteiger partial charge in [0, 0.05) is 18.4 Å². The average molecular weight is 359 g/mol. The minimum absolute atomic E-state index is 0.0670. The van der Waals surface area contributed by atoms with Crippen LogP contribution in [-0.2, 0) is 13.6 Å². The van der Waals surface area contributed by atoms with Gasteiger partial charge in [-0.15, -0.1) is 35.0 Å². The van der Waals surface area contributed by atoms with E-state index in [1.54, 1.807) is 30.8 Å². The molecule has 0 saturated carbocycles. The lowest BCUT2D eigenvalue weighted by molar-refractivity contribution is 0.176. The highest BCUT2D eigenvalue weighted by molar-refractivity contribution is 7.98. The fourth-order valence-electron chi connectivity index (χ4n) is 1.22. The van der Waals surface area contributed by atoms with Gasteiger partial charge in [-0.3, -0.25) is 9.05 Å². The van der Waals surface area contributed by atoms with Crippen molar-refractivity contribution in [2.45, 2.75) is 22.6 Å². The second kappa shape index (κ2) is 7.92. The number of thioether (sulfide) groups is 1. The summed E-state index contributed by atoms with van der Waals surface area (Å²) in [5, 5.41) is 0. The molecule has 0 saturated heterocycles. The Bertz CT molecular complexity index is 462. The molecule has 1 aromatic carbocycles. The third-order valence-electron chi connectivity index (χ3n) is 2.29. The van der Waals surface area contributed by atoms with Gasteiger partial charge >= 0.3 is 7.82 Å². The Morgan fingerprint density at radius 2 is 1.90 bits per heavy atom. The summed E-state index contributed by atoms with van der Waals surface area (Å²) in [6.07, 6.45) is 2.27. The molecule has 0 N–H and O–H groups in total. The maximum atomic E-state index is 12.2. The van der Waals surface area contributed by atoms with E-state index in [0.29, 0.717) is 12.2 Å². The molecule has 0 fully saturated rings. The van der Waals surface area contributed by atoms with Crippen molar-refractivity contribution in [3.63, 3.8) is 0 Å². The summed E-state index contributed by atoms with van der Waals surface area (Å²) >= 11 is 13.2. The number of rotatable bonds is 8. The fourth-order valence-corrected chi connectivity index (χ4v) is 2.71. The fraction of sp³-hybridized carbons (Fsp3) is 0.500. The van der Waals surface area contributed by atoms with Crippen molar-refractivity contribution in [3.05, 3.63) is 24.3 Å². The molecule has 0 aliphatic carbocycles. The normalized spacial score (nSPS) is 14.8. The number of benzene rings is 1. The Morgan fingerprint density at radius 3 is 2.35 bits per heavy atom. The number of phosphoric acid groups is 1. The SMILES string of the molecule is COP(=O)(OCCC(C)(Cl)Cl)Oc1ccc(SC)cc1. The van der Waals surface area contributed by atoms with Gasteiger partial charge in [0.2, 0.25) is 0 Å². The Balaban J connectivity index is 2.61. The molecule has 0 radical (unpaired) electrons. The van der Waals surface area contributed by atoms with Gasteiger partial charge in [-0.1, -0.05) is 0 Å². The highest BCUT2D eigenvalue weighted by atomic mass is 35.5. The predicted octanol–water partition coefficient (Wildman–Crippen LogP) is 5.14. The number of hydrogen-bond donors (Lipinski definition) is 0. The van der Waals surface area contributed by atoms with E-state index in [9.17, 15) is 4.57 Å². The van der Waals surface area contributed by atoms with Crippen LogP contribution in [0.2, 0.25) is 0 Å². The van der Waals surface area contributed by atoms with Gasteiger partial charge in [0.25, 0.3) is 0 Å². The van der Waals surface area contributed by atoms with Gasteiger partial charge in [-0.25, -0.2) is 4.57 Å². The molecule has 8 heteroatoms. The summed E-state index contributed by atoms with van der Waals surface area (Å²) in [5.41, 5.74) is 0. The van der Waals surface area contributed by atoms with E-state index in [0.717, 1.165) is 4.90 Å². The smallest absolute Gasteiger partial charge is 0.404 e. The zero-order chi connectivity index (χ0) is 15.2. The minimum Gasteiger partial charge on any atom is -0.404 e. The van der Waals surface area contributed by atoms with Gasteiger partial charge < -0.3 is 4.52 Å². The van der Waals surface area contributed by atoms with Crippen LogP contribution in [0.4, 0.5) is 0 Å². The van der Waals surface area contributed by atoms with Crippen LogP contribution in [0.15, 0.2) is 29.2 Å². The van der Waals surface area contributed by atoms with Crippen LogP contribution < -0.4 is 4.52 Å². The quantitative estimate of drug-likeness (QED) is 0.365. The second-order valence-corrected chi connectivity index (χ2v) is 8.49. The van der Waals surface area contributed by atoms with Gasteiger partial charge in [0.05, 0.1) is 6.61 Å². The first kappa shape index (κ1) is 18.1. The van der Waals surface area contributed by atoms with Crippen LogP contribution >= 0.6 is 42.8 Å².